The van der Waals surface area contributed by atoms with Gasteiger partial charge in [0.2, 0.25) is 0 Å². The Kier molecular flexibility index (Phi) is 14.5. The van der Waals surface area contributed by atoms with Crippen LogP contribution in [0.25, 0.3) is 0 Å². The minimum atomic E-state index is 1.01. The van der Waals surface area contributed by atoms with Gasteiger partial charge in [-0.1, -0.05) is 173 Å². The minimum Gasteiger partial charge on any atom is -0.0654 e. The van der Waals surface area contributed by atoms with Crippen molar-refractivity contribution in [2.75, 3.05) is 0 Å². The van der Waals surface area contributed by atoms with Gasteiger partial charge in [-0.25, -0.2) is 0 Å². The Hall–Kier alpha value is 0.0649. The van der Waals surface area contributed by atoms with E-state index in [2.05, 4.69) is 13.8 Å². The van der Waals surface area contributed by atoms with Crippen molar-refractivity contribution < 1.29 is 0 Å². The summed E-state index contributed by atoms with van der Waals surface area (Å²) in [5.74, 6) is 8.62. The van der Waals surface area contributed by atoms with Gasteiger partial charge in [-0.05, 0) is 61.2 Å². The molecule has 7 unspecified atom stereocenters. The SMILES string of the molecule is CCCC(BC1CCCCCCCCCCCC2CCCC(CC1)C1CCCCC3C2CCCC13)CCC. The van der Waals surface area contributed by atoms with Gasteiger partial charge in [-0.3, -0.25) is 0 Å². The molecule has 38 heavy (non-hydrogen) atoms. The number of hydrogen-bond donors (Lipinski definition) is 0. The molecule has 0 N–H and O–H groups in total. The second-order valence-corrected chi connectivity index (χ2v) is 15.2. The van der Waals surface area contributed by atoms with Gasteiger partial charge >= 0.3 is 0 Å². The first-order valence-electron chi connectivity index (χ1n) is 18.8. The van der Waals surface area contributed by atoms with Crippen LogP contribution in [0.5, 0.6) is 0 Å². The zero-order chi connectivity index (χ0) is 26.4. The molecule has 0 aromatic heterocycles. The fraction of sp³-hybridized carbons (Fsp3) is 1.00. The second-order valence-electron chi connectivity index (χ2n) is 15.2. The molecule has 4 aliphatic carbocycles. The second kappa shape index (κ2) is 17.8. The molecule has 0 heterocycles. The molecule has 0 aromatic carbocycles. The van der Waals surface area contributed by atoms with Crippen molar-refractivity contribution in [1.29, 1.82) is 0 Å². The standard InChI is InChI=1S/C37H69B/c1-3-18-32(19-4-2)38-33-23-13-11-9-7-5-6-8-10-12-20-30-21-16-22-31(28-29-33)34-24-14-15-25-36-35(30)26-17-27-37(34)36/h30-38H,3-29H2,1-2H3. The fourth-order valence-electron chi connectivity index (χ4n) is 10.8. The molecule has 4 saturated carbocycles. The highest BCUT2D eigenvalue weighted by Gasteiger charge is 2.44. The molecule has 7 atom stereocenters. The van der Waals surface area contributed by atoms with Crippen molar-refractivity contribution in [3.8, 4) is 0 Å². The van der Waals surface area contributed by atoms with Crippen LogP contribution in [0.3, 0.4) is 0 Å². The lowest BCUT2D eigenvalue weighted by atomic mass is 9.50. The highest BCUT2D eigenvalue weighted by atomic mass is 14.5. The predicted molar refractivity (Wildman–Crippen MR) is 172 cm³/mol. The van der Waals surface area contributed by atoms with Crippen molar-refractivity contribution >= 4 is 7.28 Å². The van der Waals surface area contributed by atoms with Crippen molar-refractivity contribution in [2.45, 2.75) is 199 Å². The molecular weight excluding hydrogens is 455 g/mol. The van der Waals surface area contributed by atoms with Crippen molar-refractivity contribution in [3.05, 3.63) is 0 Å². The molecular formula is C37H69B. The van der Waals surface area contributed by atoms with Crippen LogP contribution in [0.15, 0.2) is 0 Å². The van der Waals surface area contributed by atoms with Crippen molar-refractivity contribution in [2.24, 2.45) is 35.5 Å². The maximum Gasteiger partial charge on any atom is 0.127 e. The van der Waals surface area contributed by atoms with Crippen LogP contribution in [-0.4, -0.2) is 7.28 Å². The van der Waals surface area contributed by atoms with Crippen LogP contribution < -0.4 is 0 Å². The summed E-state index contributed by atoms with van der Waals surface area (Å²) in [7, 11) is 1.56. The highest BCUT2D eigenvalue weighted by molar-refractivity contribution is 6.39. The molecule has 0 aromatic rings. The molecule has 220 valence electrons. The molecule has 4 rings (SSSR count). The third-order valence-electron chi connectivity index (χ3n) is 12.6. The Labute approximate surface area is 241 Å². The third kappa shape index (κ3) is 9.57. The maximum atomic E-state index is 2.43. The van der Waals surface area contributed by atoms with Gasteiger partial charge in [0.25, 0.3) is 0 Å². The summed E-state index contributed by atoms with van der Waals surface area (Å²) < 4.78 is 0. The monoisotopic (exact) mass is 525 g/mol. The molecule has 0 amide bonds. The van der Waals surface area contributed by atoms with E-state index < -0.39 is 0 Å². The summed E-state index contributed by atoms with van der Waals surface area (Å²) in [4.78, 5) is 0. The minimum absolute atomic E-state index is 1.01. The number of fused-ring (bicyclic) bond motifs is 6. The summed E-state index contributed by atoms with van der Waals surface area (Å²) in [6.07, 6.45) is 41.6. The lowest BCUT2D eigenvalue weighted by Gasteiger charge is -2.45. The van der Waals surface area contributed by atoms with Crippen LogP contribution in [0.4, 0.5) is 0 Å². The van der Waals surface area contributed by atoms with Gasteiger partial charge in [0.1, 0.15) is 7.28 Å². The molecule has 0 nitrogen and oxygen atoms in total. The zero-order valence-electron chi connectivity index (χ0n) is 26.4. The molecule has 0 saturated heterocycles. The van der Waals surface area contributed by atoms with E-state index in [1.54, 1.807) is 104 Å². The van der Waals surface area contributed by atoms with E-state index in [-0.39, 0.29) is 0 Å². The topological polar surface area (TPSA) is 0 Å². The maximum absolute atomic E-state index is 2.43. The number of hydrogen-bond acceptors (Lipinski definition) is 0. The summed E-state index contributed by atoms with van der Waals surface area (Å²) in [5, 5.41) is 0. The lowest BCUT2D eigenvalue weighted by molar-refractivity contribution is 0.0448. The first-order chi connectivity index (χ1) is 18.8. The fourth-order valence-corrected chi connectivity index (χ4v) is 10.8. The van der Waals surface area contributed by atoms with E-state index in [1.807, 2.05) is 0 Å². The molecule has 4 aliphatic rings. The molecule has 1 heteroatoms. The molecule has 0 aliphatic heterocycles. The van der Waals surface area contributed by atoms with Crippen LogP contribution >= 0.6 is 0 Å². The lowest BCUT2D eigenvalue weighted by Crippen LogP contribution is -2.37. The molecule has 6 bridgehead atoms. The van der Waals surface area contributed by atoms with Crippen LogP contribution in [0.1, 0.15) is 187 Å². The Morgan fingerprint density at radius 3 is 1.47 bits per heavy atom. The van der Waals surface area contributed by atoms with Gasteiger partial charge in [0, 0.05) is 0 Å². The smallest absolute Gasteiger partial charge is 0.0654 e. The van der Waals surface area contributed by atoms with Gasteiger partial charge in [-0.15, -0.1) is 0 Å². The molecule has 4 fully saturated rings. The highest BCUT2D eigenvalue weighted by Crippen LogP contribution is 2.54. The van der Waals surface area contributed by atoms with E-state index in [0.717, 1.165) is 47.1 Å². The number of rotatable bonds is 6. The van der Waals surface area contributed by atoms with Crippen molar-refractivity contribution in [1.82, 2.24) is 0 Å². The van der Waals surface area contributed by atoms with Crippen molar-refractivity contribution in [3.63, 3.8) is 0 Å². The Morgan fingerprint density at radius 1 is 0.421 bits per heavy atom. The van der Waals surface area contributed by atoms with Crippen LogP contribution in [0, 0.1) is 35.5 Å². The Balaban J connectivity index is 1.50. The van der Waals surface area contributed by atoms with Gasteiger partial charge in [0.15, 0.2) is 0 Å². The van der Waals surface area contributed by atoms with Gasteiger partial charge in [0.05, 0.1) is 0 Å². The first-order valence-corrected chi connectivity index (χ1v) is 18.8. The average Bonchev–Trinajstić information content (AvgIpc) is 3.13. The van der Waals surface area contributed by atoms with E-state index in [0.29, 0.717) is 0 Å². The normalized spacial score (nSPS) is 36.8. The van der Waals surface area contributed by atoms with E-state index in [1.165, 1.54) is 77.0 Å². The Bertz CT molecular complexity index is 594. The Morgan fingerprint density at radius 2 is 0.842 bits per heavy atom. The average molecular weight is 525 g/mol. The molecule has 0 radical (unpaired) electrons. The summed E-state index contributed by atoms with van der Waals surface area (Å²) >= 11 is 0. The van der Waals surface area contributed by atoms with E-state index in [4.69, 9.17) is 0 Å². The third-order valence-corrected chi connectivity index (χ3v) is 12.6. The first kappa shape index (κ1) is 31.0. The largest absolute Gasteiger partial charge is 0.127 e. The van der Waals surface area contributed by atoms with Gasteiger partial charge in [-0.2, -0.15) is 0 Å². The van der Waals surface area contributed by atoms with E-state index >= 15 is 0 Å². The summed E-state index contributed by atoms with van der Waals surface area (Å²) in [6, 6.07) is 0. The van der Waals surface area contributed by atoms with Crippen LogP contribution in [-0.2, 0) is 0 Å². The quantitative estimate of drug-likeness (QED) is 0.303. The molecule has 0 spiro atoms. The predicted octanol–water partition coefficient (Wildman–Crippen LogP) is 12.3. The van der Waals surface area contributed by atoms with Crippen LogP contribution in [0.2, 0.25) is 11.6 Å². The van der Waals surface area contributed by atoms with Gasteiger partial charge < -0.3 is 0 Å². The van der Waals surface area contributed by atoms with E-state index in [9.17, 15) is 0 Å². The summed E-state index contributed by atoms with van der Waals surface area (Å²) in [6.45, 7) is 4.86. The zero-order valence-corrected chi connectivity index (χ0v) is 26.4. The summed E-state index contributed by atoms with van der Waals surface area (Å²) in [5.41, 5.74) is 0.